The minimum Gasteiger partial charge on any atom is -0.494 e. The van der Waals surface area contributed by atoms with Crippen LogP contribution in [0.15, 0.2) is 24.3 Å². The van der Waals surface area contributed by atoms with Crippen molar-refractivity contribution in [3.63, 3.8) is 0 Å². The van der Waals surface area contributed by atoms with E-state index in [4.69, 9.17) is 4.74 Å². The van der Waals surface area contributed by atoms with Crippen molar-refractivity contribution in [2.75, 3.05) is 32.8 Å². The van der Waals surface area contributed by atoms with Crippen molar-refractivity contribution in [2.24, 2.45) is 0 Å². The lowest BCUT2D eigenvalue weighted by Gasteiger charge is -2.24. The number of benzene rings is 1. The van der Waals surface area contributed by atoms with Crippen LogP contribution >= 0.6 is 0 Å². The molecule has 3 rings (SSSR count). The van der Waals surface area contributed by atoms with E-state index in [1.807, 2.05) is 34.1 Å². The molecule has 1 aliphatic heterocycles. The van der Waals surface area contributed by atoms with E-state index in [9.17, 15) is 9.59 Å². The summed E-state index contributed by atoms with van der Waals surface area (Å²) in [6.07, 6.45) is 6.34. The molecule has 6 heteroatoms. The average molecular weight is 373 g/mol. The molecule has 2 fully saturated rings. The summed E-state index contributed by atoms with van der Waals surface area (Å²) in [6, 6.07) is 7.69. The van der Waals surface area contributed by atoms with Gasteiger partial charge in [-0.1, -0.05) is 19.8 Å². The van der Waals surface area contributed by atoms with Crippen molar-refractivity contribution in [3.8, 4) is 5.75 Å². The van der Waals surface area contributed by atoms with Crippen molar-refractivity contribution < 1.29 is 14.3 Å². The number of amides is 3. The third-order valence-electron chi connectivity index (χ3n) is 5.33. The normalized spacial score (nSPS) is 18.3. The van der Waals surface area contributed by atoms with E-state index >= 15 is 0 Å². The lowest BCUT2D eigenvalue weighted by Crippen LogP contribution is -2.45. The maximum absolute atomic E-state index is 12.8. The van der Waals surface area contributed by atoms with Crippen LogP contribution in [0.25, 0.3) is 0 Å². The Labute approximate surface area is 161 Å². The van der Waals surface area contributed by atoms with Crippen molar-refractivity contribution >= 4 is 11.9 Å². The lowest BCUT2D eigenvalue weighted by molar-refractivity contribution is 0.0762. The summed E-state index contributed by atoms with van der Waals surface area (Å²) in [5.41, 5.74) is 0.669. The van der Waals surface area contributed by atoms with Crippen LogP contribution in [0, 0.1) is 0 Å². The van der Waals surface area contributed by atoms with Crippen molar-refractivity contribution in [2.45, 2.75) is 51.5 Å². The fraction of sp³-hybridized carbons (Fsp3) is 0.619. The molecule has 1 N–H and O–H groups in total. The molecule has 6 nitrogen and oxygen atoms in total. The highest BCUT2D eigenvalue weighted by Gasteiger charge is 2.25. The first-order chi connectivity index (χ1) is 13.2. The summed E-state index contributed by atoms with van der Waals surface area (Å²) in [5.74, 6) is 0.814. The van der Waals surface area contributed by atoms with Crippen molar-refractivity contribution in [1.82, 2.24) is 15.1 Å². The Hall–Kier alpha value is -2.24. The van der Waals surface area contributed by atoms with Gasteiger partial charge in [-0.2, -0.15) is 0 Å². The molecule has 148 valence electrons. The number of nitrogens with zero attached hydrogens (tertiary/aromatic N) is 2. The summed E-state index contributed by atoms with van der Waals surface area (Å²) in [4.78, 5) is 29.0. The summed E-state index contributed by atoms with van der Waals surface area (Å²) in [7, 11) is 0. The zero-order valence-electron chi connectivity index (χ0n) is 16.3. The van der Waals surface area contributed by atoms with Gasteiger partial charge >= 0.3 is 6.03 Å². The van der Waals surface area contributed by atoms with Gasteiger partial charge in [-0.25, -0.2) is 4.79 Å². The Balaban J connectivity index is 1.52. The first-order valence-corrected chi connectivity index (χ1v) is 10.2. The molecule has 1 saturated carbocycles. The quantitative estimate of drug-likeness (QED) is 0.862. The number of ether oxygens (including phenoxy) is 1. The van der Waals surface area contributed by atoms with Crippen LogP contribution in [0.4, 0.5) is 4.79 Å². The molecule has 0 unspecified atom stereocenters. The molecule has 27 heavy (non-hydrogen) atoms. The predicted molar refractivity (Wildman–Crippen MR) is 105 cm³/mol. The second-order valence-electron chi connectivity index (χ2n) is 7.44. The van der Waals surface area contributed by atoms with E-state index in [2.05, 4.69) is 12.2 Å². The summed E-state index contributed by atoms with van der Waals surface area (Å²) >= 11 is 0. The molecule has 0 spiro atoms. The lowest BCUT2D eigenvalue weighted by atomic mass is 10.2. The van der Waals surface area contributed by atoms with Gasteiger partial charge in [0, 0.05) is 37.8 Å². The van der Waals surface area contributed by atoms with E-state index in [0.717, 1.165) is 31.4 Å². The maximum atomic E-state index is 12.8. The fourth-order valence-corrected chi connectivity index (χ4v) is 3.76. The number of hydrogen-bond acceptors (Lipinski definition) is 3. The molecule has 1 aromatic rings. The number of carbonyl (C=O) groups is 2. The molecule has 1 heterocycles. The Bertz CT molecular complexity index is 626. The molecule has 1 aromatic carbocycles. The molecular formula is C21H31N3O3. The Morgan fingerprint density at radius 2 is 1.67 bits per heavy atom. The monoisotopic (exact) mass is 373 g/mol. The van der Waals surface area contributed by atoms with Gasteiger partial charge in [0.2, 0.25) is 0 Å². The van der Waals surface area contributed by atoms with E-state index in [1.54, 1.807) is 0 Å². The minimum atomic E-state index is 0.0219. The molecule has 0 radical (unpaired) electrons. The summed E-state index contributed by atoms with van der Waals surface area (Å²) < 4.78 is 5.57. The van der Waals surface area contributed by atoms with Gasteiger partial charge in [-0.15, -0.1) is 0 Å². The second kappa shape index (κ2) is 9.62. The van der Waals surface area contributed by atoms with Crippen LogP contribution in [0.2, 0.25) is 0 Å². The van der Waals surface area contributed by atoms with Crippen LogP contribution in [-0.2, 0) is 0 Å². The summed E-state index contributed by atoms with van der Waals surface area (Å²) in [5, 5.41) is 3.14. The van der Waals surface area contributed by atoms with Gasteiger partial charge in [0.05, 0.1) is 6.61 Å². The van der Waals surface area contributed by atoms with Crippen LogP contribution in [0.5, 0.6) is 5.75 Å². The zero-order valence-corrected chi connectivity index (χ0v) is 16.3. The number of urea groups is 1. The number of nitrogens with one attached hydrogen (secondary N) is 1. The van der Waals surface area contributed by atoms with Gasteiger partial charge in [-0.3, -0.25) is 4.79 Å². The summed E-state index contributed by atoms with van der Waals surface area (Å²) in [6.45, 7) is 5.28. The van der Waals surface area contributed by atoms with Gasteiger partial charge in [0.25, 0.3) is 5.91 Å². The maximum Gasteiger partial charge on any atom is 0.317 e. The third kappa shape index (κ3) is 5.37. The number of carbonyl (C=O) groups excluding carboxylic acids is 2. The fourth-order valence-electron chi connectivity index (χ4n) is 3.76. The molecule has 1 aliphatic carbocycles. The van der Waals surface area contributed by atoms with Crippen LogP contribution in [0.3, 0.4) is 0 Å². The standard InChI is InChI=1S/C21H31N3O3/c1-2-16-27-19-10-8-17(9-11-19)20(25)23-12-5-13-24(15-14-23)21(26)22-18-6-3-4-7-18/h8-11,18H,2-7,12-16H2,1H3,(H,22,26). The Morgan fingerprint density at radius 1 is 1.00 bits per heavy atom. The first-order valence-electron chi connectivity index (χ1n) is 10.2. The van der Waals surface area contributed by atoms with E-state index in [1.165, 1.54) is 12.8 Å². The molecule has 2 aliphatic rings. The van der Waals surface area contributed by atoms with E-state index in [-0.39, 0.29) is 11.9 Å². The van der Waals surface area contributed by atoms with Crippen molar-refractivity contribution in [3.05, 3.63) is 29.8 Å². The van der Waals surface area contributed by atoms with Gasteiger partial charge in [-0.05, 0) is 49.9 Å². The van der Waals surface area contributed by atoms with Gasteiger partial charge < -0.3 is 19.9 Å². The smallest absolute Gasteiger partial charge is 0.317 e. The van der Waals surface area contributed by atoms with Crippen LogP contribution in [0.1, 0.15) is 55.8 Å². The molecular weight excluding hydrogens is 342 g/mol. The first kappa shape index (κ1) is 19.5. The van der Waals surface area contributed by atoms with E-state index in [0.29, 0.717) is 44.4 Å². The van der Waals surface area contributed by atoms with Crippen LogP contribution in [-0.4, -0.2) is 60.6 Å². The Morgan fingerprint density at radius 3 is 2.37 bits per heavy atom. The highest BCUT2D eigenvalue weighted by Crippen LogP contribution is 2.18. The Kier molecular flexibility index (Phi) is 6.96. The molecule has 1 saturated heterocycles. The average Bonchev–Trinajstić information content (AvgIpc) is 3.07. The van der Waals surface area contributed by atoms with Crippen LogP contribution < -0.4 is 10.1 Å². The molecule has 0 bridgehead atoms. The second-order valence-corrected chi connectivity index (χ2v) is 7.44. The highest BCUT2D eigenvalue weighted by molar-refractivity contribution is 5.94. The highest BCUT2D eigenvalue weighted by atomic mass is 16.5. The number of rotatable bonds is 5. The van der Waals surface area contributed by atoms with Gasteiger partial charge in [0.15, 0.2) is 0 Å². The molecule has 0 aromatic heterocycles. The topological polar surface area (TPSA) is 61.9 Å². The SMILES string of the molecule is CCCOc1ccc(C(=O)N2CCCN(C(=O)NC3CCCC3)CC2)cc1. The molecule has 0 atom stereocenters. The van der Waals surface area contributed by atoms with Gasteiger partial charge in [0.1, 0.15) is 5.75 Å². The molecule has 3 amide bonds. The van der Waals surface area contributed by atoms with E-state index < -0.39 is 0 Å². The van der Waals surface area contributed by atoms with Crippen molar-refractivity contribution in [1.29, 1.82) is 0 Å². The number of hydrogen-bond donors (Lipinski definition) is 1. The minimum absolute atomic E-state index is 0.0219. The largest absolute Gasteiger partial charge is 0.494 e. The third-order valence-corrected chi connectivity index (χ3v) is 5.33. The predicted octanol–water partition coefficient (Wildman–Crippen LogP) is 3.28. The zero-order chi connectivity index (χ0) is 19.1.